The summed E-state index contributed by atoms with van der Waals surface area (Å²) in [6.07, 6.45) is 2.40. The lowest BCUT2D eigenvalue weighted by Gasteiger charge is -2.10. The molecule has 2 aromatic rings. The van der Waals surface area contributed by atoms with Gasteiger partial charge in [0.15, 0.2) is 11.5 Å². The zero-order valence-corrected chi connectivity index (χ0v) is 12.0. The van der Waals surface area contributed by atoms with Gasteiger partial charge in [-0.3, -0.25) is 0 Å². The van der Waals surface area contributed by atoms with Gasteiger partial charge in [0.1, 0.15) is 12.2 Å². The summed E-state index contributed by atoms with van der Waals surface area (Å²) < 4.78 is 17.6. The van der Waals surface area contributed by atoms with Crippen molar-refractivity contribution in [2.24, 2.45) is 0 Å². The minimum absolute atomic E-state index is 0.636. The van der Waals surface area contributed by atoms with E-state index < -0.39 is 0 Å². The lowest BCUT2D eigenvalue weighted by atomic mass is 10.1. The molecule has 6 heteroatoms. The molecule has 0 aliphatic rings. The fourth-order valence-electron chi connectivity index (χ4n) is 1.97. The predicted molar refractivity (Wildman–Crippen MR) is 74.3 cm³/mol. The van der Waals surface area contributed by atoms with Crippen LogP contribution in [0.1, 0.15) is 11.4 Å². The van der Waals surface area contributed by atoms with Crippen molar-refractivity contribution in [3.05, 3.63) is 35.9 Å². The van der Waals surface area contributed by atoms with E-state index in [1.165, 1.54) is 0 Å². The highest BCUT2D eigenvalue weighted by Gasteiger charge is 2.09. The van der Waals surface area contributed by atoms with Crippen LogP contribution in [0, 0.1) is 0 Å². The van der Waals surface area contributed by atoms with Crippen LogP contribution >= 0.6 is 0 Å². The van der Waals surface area contributed by atoms with Gasteiger partial charge in [-0.25, -0.2) is 0 Å². The average Bonchev–Trinajstić information content (AvgIpc) is 2.92. The van der Waals surface area contributed by atoms with Gasteiger partial charge in [-0.15, -0.1) is 10.2 Å². The minimum Gasteiger partial charge on any atom is -0.493 e. The number of nitrogens with zero attached hydrogens (tertiary/aromatic N) is 3. The third-order valence-corrected chi connectivity index (χ3v) is 3.04. The van der Waals surface area contributed by atoms with E-state index in [1.54, 1.807) is 27.7 Å². The lowest BCUT2D eigenvalue weighted by Crippen LogP contribution is -2.08. The molecule has 0 saturated carbocycles. The van der Waals surface area contributed by atoms with Crippen LogP contribution in [0.2, 0.25) is 0 Å². The Morgan fingerprint density at radius 2 is 1.90 bits per heavy atom. The highest BCUT2D eigenvalue weighted by Crippen LogP contribution is 2.28. The molecular formula is C14H19N3O3. The summed E-state index contributed by atoms with van der Waals surface area (Å²) in [5, 5.41) is 8.10. The van der Waals surface area contributed by atoms with Crippen molar-refractivity contribution in [2.75, 3.05) is 27.9 Å². The Morgan fingerprint density at radius 1 is 1.10 bits per heavy atom. The van der Waals surface area contributed by atoms with Gasteiger partial charge in [-0.1, -0.05) is 6.07 Å². The minimum atomic E-state index is 0.636. The van der Waals surface area contributed by atoms with E-state index >= 15 is 0 Å². The summed E-state index contributed by atoms with van der Waals surface area (Å²) in [7, 11) is 4.93. The molecule has 0 fully saturated rings. The Kier molecular flexibility index (Phi) is 4.95. The van der Waals surface area contributed by atoms with Crippen molar-refractivity contribution >= 4 is 0 Å². The van der Waals surface area contributed by atoms with Crippen LogP contribution in [0.15, 0.2) is 24.5 Å². The standard InChI is InChI=1S/C14H19N3O3/c1-18-7-6-17-10-15-16-14(17)9-11-4-5-12(19-2)13(8-11)20-3/h4-5,8,10H,6-7,9H2,1-3H3. The van der Waals surface area contributed by atoms with E-state index in [9.17, 15) is 0 Å². The van der Waals surface area contributed by atoms with Gasteiger partial charge in [0.2, 0.25) is 0 Å². The summed E-state index contributed by atoms with van der Waals surface area (Å²) >= 11 is 0. The van der Waals surface area contributed by atoms with E-state index in [0.717, 1.165) is 23.7 Å². The molecule has 1 aromatic heterocycles. The third kappa shape index (κ3) is 3.27. The van der Waals surface area contributed by atoms with Crippen molar-refractivity contribution in [3.63, 3.8) is 0 Å². The summed E-state index contributed by atoms with van der Waals surface area (Å²) in [5.74, 6) is 2.33. The maximum absolute atomic E-state index is 5.30. The van der Waals surface area contributed by atoms with Crippen molar-refractivity contribution in [2.45, 2.75) is 13.0 Å². The molecule has 1 heterocycles. The van der Waals surface area contributed by atoms with Crippen LogP contribution in [-0.2, 0) is 17.7 Å². The van der Waals surface area contributed by atoms with Gasteiger partial charge in [0.25, 0.3) is 0 Å². The molecule has 0 aliphatic heterocycles. The van der Waals surface area contributed by atoms with E-state index in [1.807, 2.05) is 22.8 Å². The zero-order valence-electron chi connectivity index (χ0n) is 12.0. The number of hydrogen-bond acceptors (Lipinski definition) is 5. The molecule has 0 saturated heterocycles. The first-order valence-corrected chi connectivity index (χ1v) is 6.35. The van der Waals surface area contributed by atoms with Gasteiger partial charge >= 0.3 is 0 Å². The Hall–Kier alpha value is -2.08. The van der Waals surface area contributed by atoms with Crippen LogP contribution < -0.4 is 9.47 Å². The van der Waals surface area contributed by atoms with Gasteiger partial charge in [0.05, 0.1) is 20.8 Å². The van der Waals surface area contributed by atoms with Crippen molar-refractivity contribution in [1.29, 1.82) is 0 Å². The molecule has 2 rings (SSSR count). The SMILES string of the molecule is COCCn1cnnc1Cc1ccc(OC)c(OC)c1. The van der Waals surface area contributed by atoms with Gasteiger partial charge in [-0.05, 0) is 17.7 Å². The molecule has 6 nitrogen and oxygen atoms in total. The summed E-state index contributed by atoms with van der Waals surface area (Å²) in [5.41, 5.74) is 1.09. The lowest BCUT2D eigenvalue weighted by molar-refractivity contribution is 0.186. The van der Waals surface area contributed by atoms with Gasteiger partial charge < -0.3 is 18.8 Å². The Balaban J connectivity index is 2.15. The van der Waals surface area contributed by atoms with Crippen LogP contribution in [0.3, 0.4) is 0 Å². The summed E-state index contributed by atoms with van der Waals surface area (Å²) in [6, 6.07) is 5.84. The second kappa shape index (κ2) is 6.91. The molecule has 0 unspecified atom stereocenters. The third-order valence-electron chi connectivity index (χ3n) is 3.04. The second-order valence-corrected chi connectivity index (χ2v) is 4.30. The normalized spacial score (nSPS) is 10.6. The second-order valence-electron chi connectivity index (χ2n) is 4.30. The number of benzene rings is 1. The molecule has 20 heavy (non-hydrogen) atoms. The number of aromatic nitrogens is 3. The average molecular weight is 277 g/mol. The fraction of sp³-hybridized carbons (Fsp3) is 0.429. The van der Waals surface area contributed by atoms with E-state index in [2.05, 4.69) is 10.2 Å². The number of rotatable bonds is 7. The molecule has 0 N–H and O–H groups in total. The Bertz CT molecular complexity index is 554. The highest BCUT2D eigenvalue weighted by atomic mass is 16.5. The predicted octanol–water partition coefficient (Wildman–Crippen LogP) is 1.53. The molecule has 0 amide bonds. The molecule has 0 atom stereocenters. The topological polar surface area (TPSA) is 58.4 Å². The molecule has 0 spiro atoms. The van der Waals surface area contributed by atoms with Crippen molar-refractivity contribution < 1.29 is 14.2 Å². The first kappa shape index (κ1) is 14.3. The summed E-state index contributed by atoms with van der Waals surface area (Å²) in [4.78, 5) is 0. The van der Waals surface area contributed by atoms with E-state index in [0.29, 0.717) is 18.8 Å². The molecule has 108 valence electrons. The van der Waals surface area contributed by atoms with Crippen LogP contribution in [0.4, 0.5) is 0 Å². The van der Waals surface area contributed by atoms with Crippen LogP contribution in [0.25, 0.3) is 0 Å². The molecule has 0 bridgehead atoms. The first-order valence-electron chi connectivity index (χ1n) is 6.35. The molecule has 0 radical (unpaired) electrons. The Labute approximate surface area is 118 Å². The maximum atomic E-state index is 5.30. The number of ether oxygens (including phenoxy) is 3. The van der Waals surface area contributed by atoms with E-state index in [4.69, 9.17) is 14.2 Å². The van der Waals surface area contributed by atoms with E-state index in [-0.39, 0.29) is 0 Å². The van der Waals surface area contributed by atoms with Crippen LogP contribution in [0.5, 0.6) is 11.5 Å². The molecular weight excluding hydrogens is 258 g/mol. The van der Waals surface area contributed by atoms with Crippen molar-refractivity contribution in [3.8, 4) is 11.5 Å². The smallest absolute Gasteiger partial charge is 0.161 e. The largest absolute Gasteiger partial charge is 0.493 e. The van der Waals surface area contributed by atoms with Gasteiger partial charge in [0, 0.05) is 20.1 Å². The number of methoxy groups -OCH3 is 3. The van der Waals surface area contributed by atoms with Crippen molar-refractivity contribution in [1.82, 2.24) is 14.8 Å². The molecule has 1 aromatic carbocycles. The number of hydrogen-bond donors (Lipinski definition) is 0. The fourth-order valence-corrected chi connectivity index (χ4v) is 1.97. The molecule has 0 aliphatic carbocycles. The first-order chi connectivity index (χ1) is 9.78. The van der Waals surface area contributed by atoms with Gasteiger partial charge in [-0.2, -0.15) is 0 Å². The Morgan fingerprint density at radius 3 is 2.60 bits per heavy atom. The quantitative estimate of drug-likeness (QED) is 0.768. The summed E-state index contributed by atoms with van der Waals surface area (Å²) in [6.45, 7) is 1.38. The maximum Gasteiger partial charge on any atom is 0.161 e. The zero-order chi connectivity index (χ0) is 14.4. The highest BCUT2D eigenvalue weighted by molar-refractivity contribution is 5.43. The van der Waals surface area contributed by atoms with Crippen LogP contribution in [-0.4, -0.2) is 42.7 Å². The monoisotopic (exact) mass is 277 g/mol.